The van der Waals surface area contributed by atoms with Gasteiger partial charge in [0.15, 0.2) is 10.3 Å². The maximum absolute atomic E-state index is 12.5. The van der Waals surface area contributed by atoms with Crippen molar-refractivity contribution in [3.05, 3.63) is 50.7 Å². The number of anilines is 2. The molecule has 0 aliphatic heterocycles. The average molecular weight is 412 g/mol. The van der Waals surface area contributed by atoms with Crippen LogP contribution in [-0.2, 0) is 25.7 Å². The number of fused-ring (bicyclic) bond motifs is 2. The van der Waals surface area contributed by atoms with E-state index < -0.39 is 0 Å². The lowest BCUT2D eigenvalue weighted by Crippen LogP contribution is -2.18. The number of nitrogens with one attached hydrogen (secondary N) is 2. The highest BCUT2D eigenvalue weighted by atomic mass is 32.1. The van der Waals surface area contributed by atoms with Crippen molar-refractivity contribution in [2.45, 2.75) is 38.5 Å². The summed E-state index contributed by atoms with van der Waals surface area (Å²) in [5.74, 6) is -0.731. The van der Waals surface area contributed by atoms with Crippen LogP contribution in [0.4, 0.5) is 10.3 Å². The first-order valence-corrected chi connectivity index (χ1v) is 10.9. The number of carbonyl (C=O) groups excluding carboxylic acids is 2. The van der Waals surface area contributed by atoms with Crippen LogP contribution < -0.4 is 10.6 Å². The topological polar surface area (TPSA) is 96.9 Å². The minimum Gasteiger partial charge on any atom is -0.296 e. The summed E-state index contributed by atoms with van der Waals surface area (Å²) in [5, 5.41) is 6.76. The van der Waals surface area contributed by atoms with Crippen molar-refractivity contribution >= 4 is 44.8 Å². The maximum Gasteiger partial charge on any atom is 0.276 e. The highest BCUT2D eigenvalue weighted by Crippen LogP contribution is 2.31. The molecule has 28 heavy (non-hydrogen) atoms. The Labute approximate surface area is 169 Å². The standard InChI is InChI=1S/C19H17N5O2S2/c25-16(23-18-21-10-4-2-8-14(10)27-18)12-6-1-7-13(20-12)17(26)24-19-22-11-5-3-9-15(11)28-19/h1,6-7H,2-5,8-9H2,(H,21,23,25)(H,22,24,26). The fourth-order valence-corrected chi connectivity index (χ4v) is 5.59. The first-order valence-electron chi connectivity index (χ1n) is 9.22. The Morgan fingerprint density at radius 1 is 0.750 bits per heavy atom. The third kappa shape index (κ3) is 3.31. The van der Waals surface area contributed by atoms with Gasteiger partial charge in [0.2, 0.25) is 0 Å². The second kappa shape index (κ2) is 7.06. The molecular formula is C19H17N5O2S2. The average Bonchev–Trinajstić information content (AvgIpc) is 3.42. The van der Waals surface area contributed by atoms with Gasteiger partial charge in [-0.05, 0) is 50.7 Å². The molecule has 0 radical (unpaired) electrons. The zero-order valence-corrected chi connectivity index (χ0v) is 16.6. The fourth-order valence-electron chi connectivity index (χ4n) is 3.50. The van der Waals surface area contributed by atoms with Crippen LogP contribution in [0, 0.1) is 0 Å². The summed E-state index contributed by atoms with van der Waals surface area (Å²) in [6.07, 6.45) is 6.24. The molecule has 2 N–H and O–H groups in total. The van der Waals surface area contributed by atoms with Gasteiger partial charge in [-0.25, -0.2) is 15.0 Å². The van der Waals surface area contributed by atoms with Gasteiger partial charge in [0.25, 0.3) is 11.8 Å². The van der Waals surface area contributed by atoms with E-state index in [4.69, 9.17) is 0 Å². The minimum absolute atomic E-state index is 0.185. The van der Waals surface area contributed by atoms with Crippen molar-refractivity contribution in [1.29, 1.82) is 0 Å². The maximum atomic E-state index is 12.5. The van der Waals surface area contributed by atoms with Gasteiger partial charge in [0.1, 0.15) is 11.4 Å². The Morgan fingerprint density at radius 2 is 1.25 bits per heavy atom. The third-order valence-electron chi connectivity index (χ3n) is 4.85. The van der Waals surface area contributed by atoms with Crippen molar-refractivity contribution in [2.75, 3.05) is 10.6 Å². The highest BCUT2D eigenvalue weighted by Gasteiger charge is 2.21. The molecule has 0 bridgehead atoms. The van der Waals surface area contributed by atoms with Gasteiger partial charge >= 0.3 is 0 Å². The second-order valence-electron chi connectivity index (χ2n) is 6.80. The van der Waals surface area contributed by atoms with Gasteiger partial charge in [0, 0.05) is 9.75 Å². The highest BCUT2D eigenvalue weighted by molar-refractivity contribution is 7.16. The summed E-state index contributed by atoms with van der Waals surface area (Å²) in [4.78, 5) is 40.7. The number of nitrogens with zero attached hydrogens (tertiary/aromatic N) is 3. The largest absolute Gasteiger partial charge is 0.296 e. The molecule has 3 aromatic rings. The van der Waals surface area contributed by atoms with Crippen molar-refractivity contribution in [3.63, 3.8) is 0 Å². The van der Waals surface area contributed by atoms with Crippen LogP contribution in [0.1, 0.15) is 55.0 Å². The number of aryl methyl sites for hydroxylation is 4. The van der Waals surface area contributed by atoms with Crippen LogP contribution in [0.5, 0.6) is 0 Å². The van der Waals surface area contributed by atoms with Gasteiger partial charge in [-0.15, -0.1) is 22.7 Å². The number of hydrogen-bond donors (Lipinski definition) is 2. The lowest BCUT2D eigenvalue weighted by atomic mass is 10.3. The van der Waals surface area contributed by atoms with E-state index in [1.54, 1.807) is 18.2 Å². The molecule has 3 aromatic heterocycles. The van der Waals surface area contributed by atoms with Gasteiger partial charge in [0.05, 0.1) is 11.4 Å². The summed E-state index contributed by atoms with van der Waals surface area (Å²) in [7, 11) is 0. The minimum atomic E-state index is -0.365. The van der Waals surface area contributed by atoms with E-state index in [-0.39, 0.29) is 23.2 Å². The van der Waals surface area contributed by atoms with Crippen LogP contribution in [0.25, 0.3) is 0 Å². The summed E-state index contributed by atoms with van der Waals surface area (Å²) in [6.45, 7) is 0. The fraction of sp³-hybridized carbons (Fsp3) is 0.316. The molecule has 0 fully saturated rings. The van der Waals surface area contributed by atoms with Crippen LogP contribution in [0.3, 0.4) is 0 Å². The first-order chi connectivity index (χ1) is 13.7. The third-order valence-corrected chi connectivity index (χ3v) is 6.99. The van der Waals surface area contributed by atoms with Gasteiger partial charge in [-0.2, -0.15) is 0 Å². The monoisotopic (exact) mass is 411 g/mol. The van der Waals surface area contributed by atoms with E-state index in [2.05, 4.69) is 25.6 Å². The van der Waals surface area contributed by atoms with Crippen LogP contribution in [0.2, 0.25) is 0 Å². The molecule has 0 unspecified atom stereocenters. The molecule has 142 valence electrons. The molecular weight excluding hydrogens is 394 g/mol. The lowest BCUT2D eigenvalue weighted by Gasteiger charge is -2.05. The second-order valence-corrected chi connectivity index (χ2v) is 8.97. The van der Waals surface area contributed by atoms with E-state index in [9.17, 15) is 9.59 Å². The van der Waals surface area contributed by atoms with Gasteiger partial charge in [-0.3, -0.25) is 20.2 Å². The molecule has 7 nitrogen and oxygen atoms in total. The van der Waals surface area contributed by atoms with Crippen LogP contribution >= 0.6 is 22.7 Å². The molecule has 0 saturated carbocycles. The van der Waals surface area contributed by atoms with E-state index in [0.717, 1.165) is 49.9 Å². The molecule has 0 atom stereocenters. The Hall–Kier alpha value is -2.65. The van der Waals surface area contributed by atoms with Gasteiger partial charge in [-0.1, -0.05) is 6.07 Å². The Bertz CT molecular complexity index is 963. The number of rotatable bonds is 4. The lowest BCUT2D eigenvalue weighted by molar-refractivity contribution is 0.101. The van der Waals surface area contributed by atoms with E-state index in [1.165, 1.54) is 32.4 Å². The number of hydrogen-bond acceptors (Lipinski definition) is 7. The Kier molecular flexibility index (Phi) is 4.40. The smallest absolute Gasteiger partial charge is 0.276 e. The SMILES string of the molecule is O=C(Nc1nc2c(s1)CCC2)c1cccc(C(=O)Nc2nc3c(s2)CCC3)n1. The van der Waals surface area contributed by atoms with E-state index >= 15 is 0 Å². The summed E-state index contributed by atoms with van der Waals surface area (Å²) >= 11 is 3.02. The van der Waals surface area contributed by atoms with E-state index in [0.29, 0.717) is 10.3 Å². The molecule has 2 aliphatic carbocycles. The first kappa shape index (κ1) is 17.4. The molecule has 0 spiro atoms. The number of pyridine rings is 1. The molecule has 5 rings (SSSR count). The van der Waals surface area contributed by atoms with Crippen molar-refractivity contribution < 1.29 is 9.59 Å². The summed E-state index contributed by atoms with van der Waals surface area (Å²) in [6, 6.07) is 4.83. The van der Waals surface area contributed by atoms with Crippen molar-refractivity contribution in [3.8, 4) is 0 Å². The molecule has 0 saturated heterocycles. The van der Waals surface area contributed by atoms with Crippen molar-refractivity contribution in [1.82, 2.24) is 15.0 Å². The zero-order valence-electron chi connectivity index (χ0n) is 14.9. The number of amides is 2. The number of thiazole rings is 2. The predicted molar refractivity (Wildman–Crippen MR) is 108 cm³/mol. The van der Waals surface area contributed by atoms with Crippen molar-refractivity contribution in [2.24, 2.45) is 0 Å². The Morgan fingerprint density at radius 3 is 1.71 bits per heavy atom. The zero-order chi connectivity index (χ0) is 19.1. The Balaban J connectivity index is 1.29. The van der Waals surface area contributed by atoms with Crippen LogP contribution in [0.15, 0.2) is 18.2 Å². The molecule has 0 aromatic carbocycles. The molecule has 3 heterocycles. The molecule has 2 aliphatic rings. The summed E-state index contributed by atoms with van der Waals surface area (Å²) < 4.78 is 0. The quantitative estimate of drug-likeness (QED) is 0.685. The normalized spacial score (nSPS) is 14.6. The predicted octanol–water partition coefficient (Wildman–Crippen LogP) is 3.48. The molecule has 2 amide bonds. The summed E-state index contributed by atoms with van der Waals surface area (Å²) in [5.41, 5.74) is 2.53. The van der Waals surface area contributed by atoms with Gasteiger partial charge < -0.3 is 0 Å². The number of aromatic nitrogens is 3. The van der Waals surface area contributed by atoms with E-state index in [1.807, 2.05) is 0 Å². The van der Waals surface area contributed by atoms with Crippen LogP contribution in [-0.4, -0.2) is 26.8 Å². The number of carbonyl (C=O) groups is 2. The molecule has 9 heteroatoms.